The van der Waals surface area contributed by atoms with Gasteiger partial charge < -0.3 is 4.84 Å². The van der Waals surface area contributed by atoms with Gasteiger partial charge in [0.15, 0.2) is 0 Å². The molecule has 0 saturated carbocycles. The number of nitro benzene ring substituents is 1. The Balaban J connectivity index is 1.91. The summed E-state index contributed by atoms with van der Waals surface area (Å²) in [6.07, 6.45) is 1.45. The summed E-state index contributed by atoms with van der Waals surface area (Å²) in [4.78, 5) is 15.3. The van der Waals surface area contributed by atoms with Gasteiger partial charge in [-0.1, -0.05) is 45.4 Å². The SMILES string of the molecule is O=[N+]([O-])c1cccc(/C=N/OCc2ccc(Br)cc2)c1. The molecule has 0 spiro atoms. The molecule has 0 unspecified atom stereocenters. The van der Waals surface area contributed by atoms with Crippen molar-refractivity contribution < 1.29 is 9.76 Å². The molecule has 0 radical (unpaired) electrons. The minimum atomic E-state index is -0.444. The van der Waals surface area contributed by atoms with Gasteiger partial charge in [-0.05, 0) is 17.7 Å². The van der Waals surface area contributed by atoms with Crippen molar-refractivity contribution in [2.45, 2.75) is 6.61 Å². The average Bonchev–Trinajstić information content (AvgIpc) is 2.46. The molecule has 2 aromatic carbocycles. The van der Waals surface area contributed by atoms with E-state index in [1.165, 1.54) is 18.3 Å². The quantitative estimate of drug-likeness (QED) is 0.473. The molecule has 2 rings (SSSR count). The Labute approximate surface area is 124 Å². The summed E-state index contributed by atoms with van der Waals surface area (Å²) in [5.74, 6) is 0. The van der Waals surface area contributed by atoms with Crippen LogP contribution in [0.25, 0.3) is 0 Å². The summed E-state index contributed by atoms with van der Waals surface area (Å²) in [6.45, 7) is 0.346. The lowest BCUT2D eigenvalue weighted by Gasteiger charge is -1.99. The van der Waals surface area contributed by atoms with E-state index in [0.717, 1.165) is 10.0 Å². The summed E-state index contributed by atoms with van der Waals surface area (Å²) in [7, 11) is 0. The van der Waals surface area contributed by atoms with Crippen molar-refractivity contribution in [3.8, 4) is 0 Å². The molecule has 0 aliphatic rings. The van der Waals surface area contributed by atoms with Crippen molar-refractivity contribution in [1.29, 1.82) is 0 Å². The van der Waals surface area contributed by atoms with Crippen LogP contribution < -0.4 is 0 Å². The molecule has 0 amide bonds. The van der Waals surface area contributed by atoms with E-state index < -0.39 is 4.92 Å². The van der Waals surface area contributed by atoms with Crippen LogP contribution in [0, 0.1) is 10.1 Å². The predicted molar refractivity (Wildman–Crippen MR) is 79.6 cm³/mol. The van der Waals surface area contributed by atoms with Gasteiger partial charge in [0.2, 0.25) is 0 Å². The third-order valence-corrected chi connectivity index (χ3v) is 3.03. The summed E-state index contributed by atoms with van der Waals surface area (Å²) < 4.78 is 1.00. The fraction of sp³-hybridized carbons (Fsp3) is 0.0714. The monoisotopic (exact) mass is 334 g/mol. The van der Waals surface area contributed by atoms with Crippen molar-refractivity contribution in [1.82, 2.24) is 0 Å². The van der Waals surface area contributed by atoms with Crippen molar-refractivity contribution in [3.05, 3.63) is 74.2 Å². The van der Waals surface area contributed by atoms with Gasteiger partial charge in [-0.15, -0.1) is 0 Å². The van der Waals surface area contributed by atoms with E-state index >= 15 is 0 Å². The van der Waals surface area contributed by atoms with Crippen LogP contribution in [0.4, 0.5) is 5.69 Å². The van der Waals surface area contributed by atoms with Crippen LogP contribution in [0.2, 0.25) is 0 Å². The fourth-order valence-corrected chi connectivity index (χ4v) is 1.77. The molecule has 6 heteroatoms. The zero-order valence-corrected chi connectivity index (χ0v) is 12.0. The molecule has 0 atom stereocenters. The molecule has 0 heterocycles. The number of hydrogen-bond acceptors (Lipinski definition) is 4. The molecule has 0 bridgehead atoms. The van der Waals surface area contributed by atoms with Gasteiger partial charge in [0.1, 0.15) is 6.61 Å². The molecule has 0 aliphatic carbocycles. The second-order valence-electron chi connectivity index (χ2n) is 3.99. The molecule has 2 aromatic rings. The summed E-state index contributed by atoms with van der Waals surface area (Å²) in [5, 5.41) is 14.4. The minimum absolute atomic E-state index is 0.0295. The van der Waals surface area contributed by atoms with Gasteiger partial charge in [0.25, 0.3) is 5.69 Å². The molecular weight excluding hydrogens is 324 g/mol. The summed E-state index contributed by atoms with van der Waals surface area (Å²) in [5.41, 5.74) is 1.64. The van der Waals surface area contributed by atoms with Gasteiger partial charge in [0.05, 0.1) is 11.1 Å². The Morgan fingerprint density at radius 3 is 2.70 bits per heavy atom. The Morgan fingerprint density at radius 2 is 2.00 bits per heavy atom. The van der Waals surface area contributed by atoms with E-state index in [9.17, 15) is 10.1 Å². The normalized spacial score (nSPS) is 10.7. The Hall–Kier alpha value is -2.21. The van der Waals surface area contributed by atoms with Crippen molar-refractivity contribution >= 4 is 27.8 Å². The Morgan fingerprint density at radius 1 is 1.25 bits per heavy atom. The van der Waals surface area contributed by atoms with Crippen LogP contribution in [0.5, 0.6) is 0 Å². The number of rotatable bonds is 5. The van der Waals surface area contributed by atoms with Crippen molar-refractivity contribution in [3.63, 3.8) is 0 Å². The lowest BCUT2D eigenvalue weighted by atomic mass is 10.2. The van der Waals surface area contributed by atoms with Crippen molar-refractivity contribution in [2.75, 3.05) is 0 Å². The lowest BCUT2D eigenvalue weighted by molar-refractivity contribution is -0.384. The van der Waals surface area contributed by atoms with E-state index in [4.69, 9.17) is 4.84 Å². The highest BCUT2D eigenvalue weighted by Gasteiger charge is 2.03. The van der Waals surface area contributed by atoms with Gasteiger partial charge >= 0.3 is 0 Å². The topological polar surface area (TPSA) is 64.7 Å². The maximum absolute atomic E-state index is 10.6. The van der Waals surface area contributed by atoms with E-state index in [1.54, 1.807) is 12.1 Å². The first-order chi connectivity index (χ1) is 9.65. The Bertz CT molecular complexity index is 627. The van der Waals surface area contributed by atoms with Crippen LogP contribution >= 0.6 is 15.9 Å². The molecule has 0 aromatic heterocycles. The maximum Gasteiger partial charge on any atom is 0.270 e. The van der Waals surface area contributed by atoms with Crippen LogP contribution in [-0.4, -0.2) is 11.1 Å². The number of non-ortho nitro benzene ring substituents is 1. The predicted octanol–water partition coefficient (Wildman–Crippen LogP) is 3.91. The first-order valence-electron chi connectivity index (χ1n) is 5.79. The average molecular weight is 335 g/mol. The smallest absolute Gasteiger partial charge is 0.270 e. The van der Waals surface area contributed by atoms with Crippen molar-refractivity contribution in [2.24, 2.45) is 5.16 Å². The summed E-state index contributed by atoms with van der Waals surface area (Å²) in [6, 6.07) is 13.9. The molecule has 0 saturated heterocycles. The highest BCUT2D eigenvalue weighted by molar-refractivity contribution is 9.10. The van der Waals surface area contributed by atoms with Crippen LogP contribution in [0.15, 0.2) is 58.2 Å². The number of nitrogens with zero attached hydrogens (tertiary/aromatic N) is 2. The maximum atomic E-state index is 10.6. The van der Waals surface area contributed by atoms with Gasteiger partial charge in [-0.3, -0.25) is 10.1 Å². The number of nitro groups is 1. The Kier molecular flexibility index (Phi) is 4.84. The standard InChI is InChI=1S/C14H11BrN2O3/c15-13-6-4-11(5-7-13)10-20-16-9-12-2-1-3-14(8-12)17(18)19/h1-9H,10H2/b16-9+. The highest BCUT2D eigenvalue weighted by Crippen LogP contribution is 2.12. The van der Waals surface area contributed by atoms with E-state index in [1.807, 2.05) is 24.3 Å². The molecular formula is C14H11BrN2O3. The largest absolute Gasteiger partial charge is 0.391 e. The zero-order valence-electron chi connectivity index (χ0n) is 10.4. The third kappa shape index (κ3) is 4.17. The second-order valence-corrected chi connectivity index (χ2v) is 4.90. The summed E-state index contributed by atoms with van der Waals surface area (Å²) >= 11 is 3.35. The number of hydrogen-bond donors (Lipinski definition) is 0. The lowest BCUT2D eigenvalue weighted by Crippen LogP contribution is -1.91. The zero-order chi connectivity index (χ0) is 14.4. The van der Waals surface area contributed by atoms with E-state index in [0.29, 0.717) is 12.2 Å². The molecule has 20 heavy (non-hydrogen) atoms. The first-order valence-corrected chi connectivity index (χ1v) is 6.59. The second kappa shape index (κ2) is 6.81. The number of halogens is 1. The third-order valence-electron chi connectivity index (χ3n) is 2.50. The van der Waals surface area contributed by atoms with Crippen LogP contribution in [0.3, 0.4) is 0 Å². The highest BCUT2D eigenvalue weighted by atomic mass is 79.9. The van der Waals surface area contributed by atoms with Crippen LogP contribution in [-0.2, 0) is 11.4 Å². The minimum Gasteiger partial charge on any atom is -0.391 e. The molecule has 0 fully saturated rings. The van der Waals surface area contributed by atoms with E-state index in [-0.39, 0.29) is 5.69 Å². The van der Waals surface area contributed by atoms with E-state index in [2.05, 4.69) is 21.1 Å². The van der Waals surface area contributed by atoms with Gasteiger partial charge in [0, 0.05) is 22.2 Å². The van der Waals surface area contributed by atoms with Gasteiger partial charge in [-0.25, -0.2) is 0 Å². The molecule has 102 valence electrons. The number of benzene rings is 2. The van der Waals surface area contributed by atoms with Crippen LogP contribution in [0.1, 0.15) is 11.1 Å². The fourth-order valence-electron chi connectivity index (χ4n) is 1.51. The molecule has 0 aliphatic heterocycles. The molecule has 0 N–H and O–H groups in total. The van der Waals surface area contributed by atoms with Gasteiger partial charge in [-0.2, -0.15) is 0 Å². The first kappa shape index (κ1) is 14.2. The molecule has 5 nitrogen and oxygen atoms in total. The number of oxime groups is 1.